The molecule has 0 aliphatic rings. The van der Waals surface area contributed by atoms with E-state index in [9.17, 15) is 5.11 Å². The molecule has 0 aliphatic carbocycles. The summed E-state index contributed by atoms with van der Waals surface area (Å²) in [6.07, 6.45) is 0.729. The van der Waals surface area contributed by atoms with Crippen molar-refractivity contribution in [1.29, 1.82) is 0 Å². The molecule has 5 nitrogen and oxygen atoms in total. The summed E-state index contributed by atoms with van der Waals surface area (Å²) in [6, 6.07) is 3.72. The Labute approximate surface area is 106 Å². The Morgan fingerprint density at radius 2 is 2.11 bits per heavy atom. The predicted octanol–water partition coefficient (Wildman–Crippen LogP) is 2.46. The average molecular weight is 250 g/mol. The van der Waals surface area contributed by atoms with Crippen molar-refractivity contribution in [2.24, 2.45) is 0 Å². The van der Waals surface area contributed by atoms with Crippen LogP contribution < -0.4 is 4.74 Å². The summed E-state index contributed by atoms with van der Waals surface area (Å²) in [4.78, 5) is 0. The van der Waals surface area contributed by atoms with Crippen molar-refractivity contribution in [2.75, 3.05) is 7.11 Å². The van der Waals surface area contributed by atoms with Crippen molar-refractivity contribution in [1.82, 2.24) is 9.78 Å². The van der Waals surface area contributed by atoms with Gasteiger partial charge in [0.15, 0.2) is 11.9 Å². The number of aliphatic hydroxyl groups is 1. The third kappa shape index (κ3) is 2.13. The SMILES string of the molecule is COc1cnn(C(C)C)c1C(O)c1ccc(C)o1. The van der Waals surface area contributed by atoms with E-state index in [0.717, 1.165) is 5.76 Å². The van der Waals surface area contributed by atoms with E-state index in [2.05, 4.69) is 5.10 Å². The summed E-state index contributed by atoms with van der Waals surface area (Å²) in [5.74, 6) is 1.82. The van der Waals surface area contributed by atoms with E-state index >= 15 is 0 Å². The molecule has 2 rings (SSSR count). The van der Waals surface area contributed by atoms with E-state index in [1.807, 2.05) is 26.8 Å². The predicted molar refractivity (Wildman–Crippen MR) is 66.7 cm³/mol. The highest BCUT2D eigenvalue weighted by molar-refractivity contribution is 5.32. The average Bonchev–Trinajstić information content (AvgIpc) is 2.93. The number of furan rings is 1. The number of aliphatic hydroxyl groups excluding tert-OH is 1. The molecule has 0 radical (unpaired) electrons. The van der Waals surface area contributed by atoms with E-state index in [0.29, 0.717) is 17.2 Å². The van der Waals surface area contributed by atoms with Crippen LogP contribution in [0.3, 0.4) is 0 Å². The zero-order valence-corrected chi connectivity index (χ0v) is 11.0. The van der Waals surface area contributed by atoms with Gasteiger partial charge in [-0.2, -0.15) is 5.10 Å². The summed E-state index contributed by atoms with van der Waals surface area (Å²) >= 11 is 0. The lowest BCUT2D eigenvalue weighted by Gasteiger charge is -2.15. The molecule has 98 valence electrons. The van der Waals surface area contributed by atoms with Crippen molar-refractivity contribution in [2.45, 2.75) is 32.9 Å². The van der Waals surface area contributed by atoms with Crippen molar-refractivity contribution < 1.29 is 14.3 Å². The number of aryl methyl sites for hydroxylation is 1. The van der Waals surface area contributed by atoms with Crippen molar-refractivity contribution in [3.05, 3.63) is 35.5 Å². The highest BCUT2D eigenvalue weighted by atomic mass is 16.5. The van der Waals surface area contributed by atoms with Crippen LogP contribution in [0, 0.1) is 6.92 Å². The van der Waals surface area contributed by atoms with Crippen molar-refractivity contribution in [3.63, 3.8) is 0 Å². The van der Waals surface area contributed by atoms with Gasteiger partial charge in [-0.1, -0.05) is 0 Å². The standard InChI is InChI=1S/C13H18N2O3/c1-8(2)15-12(11(17-4)7-14-15)13(16)10-6-5-9(3)18-10/h5-8,13,16H,1-4H3. The maximum absolute atomic E-state index is 10.4. The highest BCUT2D eigenvalue weighted by Crippen LogP contribution is 2.32. The first kappa shape index (κ1) is 12.7. The largest absolute Gasteiger partial charge is 0.493 e. The van der Waals surface area contributed by atoms with Crippen LogP contribution in [0.25, 0.3) is 0 Å². The van der Waals surface area contributed by atoms with Crippen LogP contribution in [0.1, 0.15) is 43.2 Å². The molecule has 0 fully saturated rings. The fraction of sp³-hybridized carbons (Fsp3) is 0.462. The second-order valence-corrected chi connectivity index (χ2v) is 4.49. The van der Waals surface area contributed by atoms with E-state index in [1.165, 1.54) is 0 Å². The lowest BCUT2D eigenvalue weighted by atomic mass is 10.2. The van der Waals surface area contributed by atoms with Crippen LogP contribution >= 0.6 is 0 Å². The van der Waals surface area contributed by atoms with Gasteiger partial charge in [0, 0.05) is 6.04 Å². The smallest absolute Gasteiger partial charge is 0.163 e. The quantitative estimate of drug-likeness (QED) is 0.905. The number of rotatable bonds is 4. The van der Waals surface area contributed by atoms with E-state index in [4.69, 9.17) is 9.15 Å². The highest BCUT2D eigenvalue weighted by Gasteiger charge is 2.25. The van der Waals surface area contributed by atoms with Crippen LogP contribution in [-0.4, -0.2) is 22.0 Å². The van der Waals surface area contributed by atoms with Gasteiger partial charge in [-0.05, 0) is 32.9 Å². The van der Waals surface area contributed by atoms with E-state index in [1.54, 1.807) is 24.1 Å². The minimum absolute atomic E-state index is 0.134. The van der Waals surface area contributed by atoms with Gasteiger partial charge in [0.25, 0.3) is 0 Å². The monoisotopic (exact) mass is 250 g/mol. The van der Waals surface area contributed by atoms with Crippen molar-refractivity contribution in [3.8, 4) is 5.75 Å². The van der Waals surface area contributed by atoms with E-state index in [-0.39, 0.29) is 6.04 Å². The van der Waals surface area contributed by atoms with Gasteiger partial charge >= 0.3 is 0 Å². The molecule has 0 aromatic carbocycles. The molecular formula is C13H18N2O3. The molecule has 1 atom stereocenters. The zero-order chi connectivity index (χ0) is 13.3. The summed E-state index contributed by atoms with van der Waals surface area (Å²) in [5, 5.41) is 14.6. The molecule has 0 aliphatic heterocycles. The van der Waals surface area contributed by atoms with Crippen LogP contribution in [-0.2, 0) is 0 Å². The summed E-state index contributed by atoms with van der Waals surface area (Å²) in [6.45, 7) is 5.83. The molecule has 0 amide bonds. The Bertz CT molecular complexity index is 528. The van der Waals surface area contributed by atoms with Gasteiger partial charge in [0.05, 0.1) is 13.3 Å². The third-order valence-corrected chi connectivity index (χ3v) is 2.80. The fourth-order valence-electron chi connectivity index (χ4n) is 1.92. The molecule has 18 heavy (non-hydrogen) atoms. The minimum Gasteiger partial charge on any atom is -0.493 e. The molecule has 0 saturated heterocycles. The normalized spacial score (nSPS) is 13.0. The van der Waals surface area contributed by atoms with E-state index < -0.39 is 6.10 Å². The van der Waals surface area contributed by atoms with Crippen molar-refractivity contribution >= 4 is 0 Å². The molecular weight excluding hydrogens is 232 g/mol. The molecule has 2 heterocycles. The first-order chi connectivity index (χ1) is 8.54. The molecule has 1 unspecified atom stereocenters. The summed E-state index contributed by atoms with van der Waals surface area (Å²) in [5.41, 5.74) is 0.613. The Hall–Kier alpha value is -1.75. The first-order valence-electron chi connectivity index (χ1n) is 5.90. The molecule has 1 N–H and O–H groups in total. The summed E-state index contributed by atoms with van der Waals surface area (Å²) in [7, 11) is 1.56. The number of hydrogen-bond acceptors (Lipinski definition) is 4. The Balaban J connectivity index is 2.45. The minimum atomic E-state index is -0.876. The summed E-state index contributed by atoms with van der Waals surface area (Å²) < 4.78 is 12.4. The van der Waals surface area contributed by atoms with Crippen LogP contribution in [0.5, 0.6) is 5.75 Å². The molecule has 0 spiro atoms. The Morgan fingerprint density at radius 1 is 1.39 bits per heavy atom. The molecule has 5 heteroatoms. The van der Waals surface area contributed by atoms with Gasteiger partial charge < -0.3 is 14.3 Å². The Kier molecular flexibility index (Phi) is 3.43. The van der Waals surface area contributed by atoms with Crippen LogP contribution in [0.15, 0.2) is 22.7 Å². The maximum Gasteiger partial charge on any atom is 0.163 e. The second-order valence-electron chi connectivity index (χ2n) is 4.49. The first-order valence-corrected chi connectivity index (χ1v) is 5.90. The fourth-order valence-corrected chi connectivity index (χ4v) is 1.92. The van der Waals surface area contributed by atoms with Crippen LogP contribution in [0.2, 0.25) is 0 Å². The Morgan fingerprint density at radius 3 is 2.61 bits per heavy atom. The lowest BCUT2D eigenvalue weighted by Crippen LogP contribution is -2.12. The topological polar surface area (TPSA) is 60.4 Å². The zero-order valence-electron chi connectivity index (χ0n) is 11.0. The maximum atomic E-state index is 10.4. The lowest BCUT2D eigenvalue weighted by molar-refractivity contribution is 0.170. The van der Waals surface area contributed by atoms with Gasteiger partial charge in [-0.3, -0.25) is 4.68 Å². The number of ether oxygens (including phenoxy) is 1. The molecule has 2 aromatic heterocycles. The molecule has 0 bridgehead atoms. The van der Waals surface area contributed by atoms with Gasteiger partial charge in [0.2, 0.25) is 0 Å². The van der Waals surface area contributed by atoms with Crippen LogP contribution in [0.4, 0.5) is 0 Å². The van der Waals surface area contributed by atoms with Gasteiger partial charge in [-0.15, -0.1) is 0 Å². The number of hydrogen-bond donors (Lipinski definition) is 1. The third-order valence-electron chi connectivity index (χ3n) is 2.80. The number of methoxy groups -OCH3 is 1. The number of aromatic nitrogens is 2. The molecule has 0 saturated carbocycles. The second kappa shape index (κ2) is 4.86. The molecule has 2 aromatic rings. The number of nitrogens with zero attached hydrogens (tertiary/aromatic N) is 2. The van der Waals surface area contributed by atoms with Gasteiger partial charge in [0.1, 0.15) is 17.2 Å². The van der Waals surface area contributed by atoms with Gasteiger partial charge in [-0.25, -0.2) is 0 Å².